The summed E-state index contributed by atoms with van der Waals surface area (Å²) < 4.78 is 32.8. The molecule has 30 heavy (non-hydrogen) atoms. The Morgan fingerprint density at radius 1 is 0.933 bits per heavy atom. The number of aryl methyl sites for hydroxylation is 3. The SMILES string of the molecule is Cc1ccc(C(=O)NS(=O)(=O)c2ccc(O)cc2)cc1OCc1c(C)cccc1C. The Hall–Kier alpha value is -3.32. The molecule has 0 aliphatic carbocycles. The number of aromatic hydroxyl groups is 1. The summed E-state index contributed by atoms with van der Waals surface area (Å²) >= 11 is 0. The molecule has 3 aromatic carbocycles. The normalized spacial score (nSPS) is 11.2. The fourth-order valence-electron chi connectivity index (χ4n) is 2.99. The maximum absolute atomic E-state index is 12.6. The van der Waals surface area contributed by atoms with Gasteiger partial charge in [0.05, 0.1) is 4.90 Å². The van der Waals surface area contributed by atoms with Crippen LogP contribution in [-0.4, -0.2) is 19.4 Å². The second-order valence-corrected chi connectivity index (χ2v) is 8.75. The average Bonchev–Trinajstić information content (AvgIpc) is 2.68. The third kappa shape index (κ3) is 4.80. The molecule has 0 aromatic heterocycles. The van der Waals surface area contributed by atoms with Gasteiger partial charge >= 0.3 is 0 Å². The summed E-state index contributed by atoms with van der Waals surface area (Å²) in [5.41, 5.74) is 4.29. The first-order valence-electron chi connectivity index (χ1n) is 9.32. The number of sulfonamides is 1. The summed E-state index contributed by atoms with van der Waals surface area (Å²) in [6.07, 6.45) is 0. The first-order valence-corrected chi connectivity index (χ1v) is 10.8. The molecule has 0 unspecified atom stereocenters. The second kappa shape index (κ2) is 8.59. The van der Waals surface area contributed by atoms with Crippen LogP contribution in [-0.2, 0) is 16.6 Å². The first kappa shape index (κ1) is 21.4. The Kier molecular flexibility index (Phi) is 6.12. The third-order valence-electron chi connectivity index (χ3n) is 4.84. The zero-order valence-electron chi connectivity index (χ0n) is 17.0. The van der Waals surface area contributed by atoms with Gasteiger partial charge in [0.15, 0.2) is 0 Å². The molecule has 2 N–H and O–H groups in total. The van der Waals surface area contributed by atoms with Crippen LogP contribution in [0.5, 0.6) is 11.5 Å². The van der Waals surface area contributed by atoms with Gasteiger partial charge in [-0.25, -0.2) is 13.1 Å². The molecule has 3 aromatic rings. The molecule has 0 atom stereocenters. The van der Waals surface area contributed by atoms with Crippen molar-refractivity contribution in [3.8, 4) is 11.5 Å². The minimum absolute atomic E-state index is 0.0653. The van der Waals surface area contributed by atoms with Crippen LogP contribution in [0.25, 0.3) is 0 Å². The van der Waals surface area contributed by atoms with Crippen molar-refractivity contribution in [2.45, 2.75) is 32.3 Å². The maximum Gasteiger partial charge on any atom is 0.265 e. The van der Waals surface area contributed by atoms with Crippen LogP contribution in [0, 0.1) is 20.8 Å². The summed E-state index contributed by atoms with van der Waals surface area (Å²) in [6.45, 7) is 6.22. The summed E-state index contributed by atoms with van der Waals surface area (Å²) in [5, 5.41) is 9.31. The van der Waals surface area contributed by atoms with E-state index in [-0.39, 0.29) is 16.2 Å². The number of ether oxygens (including phenoxy) is 1. The van der Waals surface area contributed by atoms with Crippen molar-refractivity contribution >= 4 is 15.9 Å². The Bertz CT molecular complexity index is 1160. The summed E-state index contributed by atoms with van der Waals surface area (Å²) in [4.78, 5) is 12.4. The second-order valence-electron chi connectivity index (χ2n) is 7.07. The van der Waals surface area contributed by atoms with Gasteiger partial charge in [0.2, 0.25) is 0 Å². The highest BCUT2D eigenvalue weighted by Gasteiger charge is 2.19. The van der Waals surface area contributed by atoms with Crippen LogP contribution in [0.1, 0.15) is 32.6 Å². The fourth-order valence-corrected chi connectivity index (χ4v) is 3.96. The number of nitrogens with one attached hydrogen (secondary N) is 1. The minimum atomic E-state index is -4.07. The Morgan fingerprint density at radius 3 is 2.20 bits per heavy atom. The molecule has 7 heteroatoms. The Morgan fingerprint density at radius 2 is 1.57 bits per heavy atom. The largest absolute Gasteiger partial charge is 0.508 e. The van der Waals surface area contributed by atoms with Crippen LogP contribution in [0.15, 0.2) is 65.6 Å². The highest BCUT2D eigenvalue weighted by Crippen LogP contribution is 2.23. The van der Waals surface area contributed by atoms with Gasteiger partial charge in [-0.15, -0.1) is 0 Å². The minimum Gasteiger partial charge on any atom is -0.508 e. The van der Waals surface area contributed by atoms with E-state index in [1.807, 2.05) is 43.7 Å². The monoisotopic (exact) mass is 425 g/mol. The molecule has 0 fully saturated rings. The van der Waals surface area contributed by atoms with Crippen molar-refractivity contribution < 1.29 is 23.1 Å². The molecule has 0 saturated heterocycles. The zero-order valence-corrected chi connectivity index (χ0v) is 17.8. The van der Waals surface area contributed by atoms with Crippen molar-refractivity contribution in [3.63, 3.8) is 0 Å². The van der Waals surface area contributed by atoms with Gasteiger partial charge in [-0.2, -0.15) is 0 Å². The predicted octanol–water partition coefficient (Wildman–Crippen LogP) is 4.02. The molecule has 6 nitrogen and oxygen atoms in total. The van der Waals surface area contributed by atoms with E-state index in [0.717, 1.165) is 22.3 Å². The Labute approximate surface area is 176 Å². The van der Waals surface area contributed by atoms with Gasteiger partial charge in [-0.1, -0.05) is 24.3 Å². The van der Waals surface area contributed by atoms with Gasteiger partial charge in [-0.05, 0) is 79.4 Å². The molecule has 1 amide bonds. The van der Waals surface area contributed by atoms with Gasteiger partial charge in [0.25, 0.3) is 15.9 Å². The lowest BCUT2D eigenvalue weighted by Crippen LogP contribution is -2.30. The van der Waals surface area contributed by atoms with E-state index >= 15 is 0 Å². The van der Waals surface area contributed by atoms with Crippen molar-refractivity contribution in [3.05, 3.63) is 88.5 Å². The zero-order chi connectivity index (χ0) is 21.9. The number of amides is 1. The predicted molar refractivity (Wildman–Crippen MR) is 114 cm³/mol. The van der Waals surface area contributed by atoms with E-state index in [1.54, 1.807) is 12.1 Å². The molecule has 0 aliphatic rings. The lowest BCUT2D eigenvalue weighted by atomic mass is 10.0. The maximum atomic E-state index is 12.6. The number of hydrogen-bond donors (Lipinski definition) is 2. The van der Waals surface area contributed by atoms with E-state index in [9.17, 15) is 18.3 Å². The smallest absolute Gasteiger partial charge is 0.265 e. The fraction of sp³-hybridized carbons (Fsp3) is 0.174. The quantitative estimate of drug-likeness (QED) is 0.622. The third-order valence-corrected chi connectivity index (χ3v) is 6.19. The molecule has 0 saturated carbocycles. The first-order chi connectivity index (χ1) is 14.2. The molecular weight excluding hydrogens is 402 g/mol. The molecule has 0 bridgehead atoms. The summed E-state index contributed by atoms with van der Waals surface area (Å²) in [7, 11) is -4.07. The summed E-state index contributed by atoms with van der Waals surface area (Å²) in [6, 6.07) is 15.7. The van der Waals surface area contributed by atoms with Crippen LogP contribution in [0.3, 0.4) is 0 Å². The molecule has 0 heterocycles. The van der Waals surface area contributed by atoms with E-state index in [4.69, 9.17) is 4.74 Å². The molecular formula is C23H23NO5S. The van der Waals surface area contributed by atoms with Crippen LogP contribution in [0.2, 0.25) is 0 Å². The number of hydrogen-bond acceptors (Lipinski definition) is 5. The molecule has 0 aliphatic heterocycles. The number of phenolic OH excluding ortho intramolecular Hbond substituents is 1. The highest BCUT2D eigenvalue weighted by atomic mass is 32.2. The molecule has 0 spiro atoms. The number of carbonyl (C=O) groups is 1. The van der Waals surface area contributed by atoms with Crippen molar-refractivity contribution in [2.75, 3.05) is 0 Å². The topological polar surface area (TPSA) is 92.7 Å². The number of phenols is 1. The van der Waals surface area contributed by atoms with Crippen LogP contribution < -0.4 is 9.46 Å². The van der Waals surface area contributed by atoms with Gasteiger partial charge in [-0.3, -0.25) is 4.79 Å². The molecule has 3 rings (SSSR count). The van der Waals surface area contributed by atoms with E-state index in [2.05, 4.69) is 0 Å². The number of carbonyl (C=O) groups excluding carboxylic acids is 1. The van der Waals surface area contributed by atoms with Gasteiger partial charge in [0, 0.05) is 5.56 Å². The molecule has 0 radical (unpaired) electrons. The van der Waals surface area contributed by atoms with Crippen LogP contribution >= 0.6 is 0 Å². The van der Waals surface area contributed by atoms with E-state index < -0.39 is 15.9 Å². The average molecular weight is 426 g/mol. The van der Waals surface area contributed by atoms with Crippen molar-refractivity contribution in [1.82, 2.24) is 4.72 Å². The standard InChI is InChI=1S/C23H23NO5S/c1-15-5-4-6-16(2)21(15)14-29-22-13-18(8-7-17(22)3)23(26)24-30(27,28)20-11-9-19(25)10-12-20/h4-13,25H,14H2,1-3H3,(H,24,26). The van der Waals surface area contributed by atoms with Crippen molar-refractivity contribution in [2.24, 2.45) is 0 Å². The highest BCUT2D eigenvalue weighted by molar-refractivity contribution is 7.90. The van der Waals surface area contributed by atoms with E-state index in [0.29, 0.717) is 12.4 Å². The van der Waals surface area contributed by atoms with Crippen molar-refractivity contribution in [1.29, 1.82) is 0 Å². The summed E-state index contributed by atoms with van der Waals surface area (Å²) in [5.74, 6) is -0.322. The van der Waals surface area contributed by atoms with Gasteiger partial charge < -0.3 is 9.84 Å². The Balaban J connectivity index is 1.78. The number of rotatable bonds is 6. The van der Waals surface area contributed by atoms with E-state index in [1.165, 1.54) is 30.3 Å². The number of benzene rings is 3. The lowest BCUT2D eigenvalue weighted by Gasteiger charge is -2.14. The lowest BCUT2D eigenvalue weighted by molar-refractivity contribution is 0.0981. The molecule has 156 valence electrons. The van der Waals surface area contributed by atoms with Gasteiger partial charge in [0.1, 0.15) is 18.1 Å². The van der Waals surface area contributed by atoms with Crippen LogP contribution in [0.4, 0.5) is 0 Å².